The smallest absolute Gasteiger partial charge is 0.317 e. The minimum atomic E-state index is 0.0978. The third kappa shape index (κ3) is 3.09. The Kier molecular flexibility index (Phi) is 4.01. The standard InChI is InChI=1S/C11H22N4O/c12-10-2-7-14(8-3-10)5-1-6-15-9-4-13-11(15)16/h10H,1-9,12H2,(H,13,16). The van der Waals surface area contributed by atoms with E-state index in [2.05, 4.69) is 10.2 Å². The van der Waals surface area contributed by atoms with E-state index in [0.717, 1.165) is 58.5 Å². The van der Waals surface area contributed by atoms with Gasteiger partial charge in [0.05, 0.1) is 0 Å². The maximum atomic E-state index is 11.3. The van der Waals surface area contributed by atoms with Crippen molar-refractivity contribution in [1.29, 1.82) is 0 Å². The summed E-state index contributed by atoms with van der Waals surface area (Å²) in [4.78, 5) is 15.6. The Bertz CT molecular complexity index is 238. The lowest BCUT2D eigenvalue weighted by Crippen LogP contribution is -2.41. The second kappa shape index (κ2) is 5.50. The van der Waals surface area contributed by atoms with Crippen LogP contribution in [0.5, 0.6) is 0 Å². The van der Waals surface area contributed by atoms with Crippen molar-refractivity contribution >= 4 is 6.03 Å². The summed E-state index contributed by atoms with van der Waals surface area (Å²) >= 11 is 0. The number of hydrogen-bond donors (Lipinski definition) is 2. The molecule has 0 saturated carbocycles. The summed E-state index contributed by atoms with van der Waals surface area (Å²) in [5.74, 6) is 0. The van der Waals surface area contributed by atoms with Gasteiger partial charge in [-0.2, -0.15) is 0 Å². The number of carbonyl (C=O) groups is 1. The van der Waals surface area contributed by atoms with Crippen molar-refractivity contribution in [3.8, 4) is 0 Å². The molecule has 2 aliphatic heterocycles. The van der Waals surface area contributed by atoms with Gasteiger partial charge in [0, 0.05) is 25.7 Å². The van der Waals surface area contributed by atoms with E-state index in [1.54, 1.807) is 0 Å². The highest BCUT2D eigenvalue weighted by molar-refractivity contribution is 5.76. The van der Waals surface area contributed by atoms with Gasteiger partial charge in [0.15, 0.2) is 0 Å². The third-order valence-corrected chi connectivity index (χ3v) is 3.48. The minimum absolute atomic E-state index is 0.0978. The van der Waals surface area contributed by atoms with Crippen LogP contribution in [0.4, 0.5) is 4.79 Å². The van der Waals surface area contributed by atoms with Crippen molar-refractivity contribution in [2.24, 2.45) is 5.73 Å². The third-order valence-electron chi connectivity index (χ3n) is 3.48. The van der Waals surface area contributed by atoms with Crippen LogP contribution in [0.2, 0.25) is 0 Å². The van der Waals surface area contributed by atoms with Crippen LogP contribution < -0.4 is 11.1 Å². The van der Waals surface area contributed by atoms with Crippen LogP contribution in [0.15, 0.2) is 0 Å². The molecule has 2 amide bonds. The van der Waals surface area contributed by atoms with Crippen LogP contribution >= 0.6 is 0 Å². The van der Waals surface area contributed by atoms with E-state index in [0.29, 0.717) is 6.04 Å². The molecule has 0 aromatic rings. The summed E-state index contributed by atoms with van der Waals surface area (Å²) in [6, 6.07) is 0.501. The Morgan fingerprint density at radius 1 is 1.25 bits per heavy atom. The largest absolute Gasteiger partial charge is 0.336 e. The van der Waals surface area contributed by atoms with E-state index < -0.39 is 0 Å². The molecule has 2 aliphatic rings. The molecule has 2 heterocycles. The van der Waals surface area contributed by atoms with Gasteiger partial charge in [0.25, 0.3) is 0 Å². The Labute approximate surface area is 96.9 Å². The predicted molar refractivity (Wildman–Crippen MR) is 63.2 cm³/mol. The molecule has 0 aliphatic carbocycles. The van der Waals surface area contributed by atoms with E-state index in [-0.39, 0.29) is 6.03 Å². The average Bonchev–Trinajstić information content (AvgIpc) is 2.68. The van der Waals surface area contributed by atoms with E-state index in [9.17, 15) is 4.79 Å². The molecule has 0 unspecified atom stereocenters. The van der Waals surface area contributed by atoms with Gasteiger partial charge in [-0.25, -0.2) is 4.79 Å². The first kappa shape index (κ1) is 11.7. The van der Waals surface area contributed by atoms with Gasteiger partial charge in [0.1, 0.15) is 0 Å². The molecule has 16 heavy (non-hydrogen) atoms. The molecule has 5 nitrogen and oxygen atoms in total. The Morgan fingerprint density at radius 2 is 2.00 bits per heavy atom. The van der Waals surface area contributed by atoms with Gasteiger partial charge in [-0.05, 0) is 38.9 Å². The Hall–Kier alpha value is -0.810. The van der Waals surface area contributed by atoms with E-state index in [1.165, 1.54) is 0 Å². The average molecular weight is 226 g/mol. The number of likely N-dealkylation sites (tertiary alicyclic amines) is 1. The predicted octanol–water partition coefficient (Wildman–Crippen LogP) is -0.175. The Morgan fingerprint density at radius 3 is 2.62 bits per heavy atom. The molecule has 0 atom stereocenters. The van der Waals surface area contributed by atoms with Gasteiger partial charge in [-0.15, -0.1) is 0 Å². The molecule has 2 rings (SSSR count). The highest BCUT2D eigenvalue weighted by atomic mass is 16.2. The lowest BCUT2D eigenvalue weighted by atomic mass is 10.1. The first-order valence-electron chi connectivity index (χ1n) is 6.26. The zero-order chi connectivity index (χ0) is 11.4. The van der Waals surface area contributed by atoms with Gasteiger partial charge >= 0.3 is 6.03 Å². The first-order chi connectivity index (χ1) is 7.75. The molecule has 0 aromatic heterocycles. The van der Waals surface area contributed by atoms with Crippen LogP contribution in [0.3, 0.4) is 0 Å². The van der Waals surface area contributed by atoms with Crippen molar-refractivity contribution in [1.82, 2.24) is 15.1 Å². The molecule has 2 fully saturated rings. The number of nitrogens with two attached hydrogens (primary N) is 1. The summed E-state index contributed by atoms with van der Waals surface area (Å²) in [6.45, 7) is 5.88. The quantitative estimate of drug-likeness (QED) is 0.699. The number of rotatable bonds is 4. The number of carbonyl (C=O) groups excluding carboxylic acids is 1. The summed E-state index contributed by atoms with van der Waals surface area (Å²) in [5.41, 5.74) is 5.86. The summed E-state index contributed by atoms with van der Waals surface area (Å²) in [6.07, 6.45) is 3.30. The van der Waals surface area contributed by atoms with Crippen molar-refractivity contribution in [3.63, 3.8) is 0 Å². The Balaban J connectivity index is 1.59. The molecular formula is C11H22N4O. The molecule has 92 valence electrons. The van der Waals surface area contributed by atoms with E-state index in [4.69, 9.17) is 5.73 Å². The van der Waals surface area contributed by atoms with E-state index >= 15 is 0 Å². The summed E-state index contributed by atoms with van der Waals surface area (Å²) < 4.78 is 0. The van der Waals surface area contributed by atoms with Gasteiger partial charge in [-0.1, -0.05) is 0 Å². The van der Waals surface area contributed by atoms with Crippen LogP contribution in [0.25, 0.3) is 0 Å². The van der Waals surface area contributed by atoms with Crippen molar-refractivity contribution in [2.75, 3.05) is 39.3 Å². The zero-order valence-corrected chi connectivity index (χ0v) is 9.82. The van der Waals surface area contributed by atoms with Gasteiger partial charge in [-0.3, -0.25) is 0 Å². The van der Waals surface area contributed by atoms with Crippen LogP contribution in [-0.2, 0) is 0 Å². The van der Waals surface area contributed by atoms with Crippen LogP contribution in [0, 0.1) is 0 Å². The molecule has 3 N–H and O–H groups in total. The SMILES string of the molecule is NC1CCN(CCCN2CCNC2=O)CC1. The first-order valence-corrected chi connectivity index (χ1v) is 6.26. The normalized spacial score (nSPS) is 23.8. The van der Waals surface area contributed by atoms with Crippen LogP contribution in [-0.4, -0.2) is 61.1 Å². The number of urea groups is 1. The highest BCUT2D eigenvalue weighted by Crippen LogP contribution is 2.08. The second-order valence-electron chi connectivity index (χ2n) is 4.75. The second-order valence-corrected chi connectivity index (χ2v) is 4.75. The fourth-order valence-corrected chi connectivity index (χ4v) is 2.39. The topological polar surface area (TPSA) is 61.6 Å². The molecule has 0 radical (unpaired) electrons. The number of nitrogens with zero attached hydrogens (tertiary/aromatic N) is 2. The molecule has 0 bridgehead atoms. The van der Waals surface area contributed by atoms with Gasteiger partial charge in [0.2, 0.25) is 0 Å². The maximum absolute atomic E-state index is 11.3. The summed E-state index contributed by atoms with van der Waals surface area (Å²) in [5, 5.41) is 2.82. The number of amides is 2. The van der Waals surface area contributed by atoms with Crippen molar-refractivity contribution in [3.05, 3.63) is 0 Å². The lowest BCUT2D eigenvalue weighted by Gasteiger charge is -2.30. The fraction of sp³-hybridized carbons (Fsp3) is 0.909. The zero-order valence-electron chi connectivity index (χ0n) is 9.82. The lowest BCUT2D eigenvalue weighted by molar-refractivity contribution is 0.194. The molecule has 0 spiro atoms. The van der Waals surface area contributed by atoms with Crippen molar-refractivity contribution < 1.29 is 4.79 Å². The number of hydrogen-bond acceptors (Lipinski definition) is 3. The summed E-state index contributed by atoms with van der Waals surface area (Å²) in [7, 11) is 0. The number of piperidine rings is 1. The molecule has 0 aromatic carbocycles. The highest BCUT2D eigenvalue weighted by Gasteiger charge is 2.20. The van der Waals surface area contributed by atoms with Crippen LogP contribution in [0.1, 0.15) is 19.3 Å². The van der Waals surface area contributed by atoms with E-state index in [1.807, 2.05) is 4.90 Å². The van der Waals surface area contributed by atoms with Crippen molar-refractivity contribution in [2.45, 2.75) is 25.3 Å². The number of nitrogens with one attached hydrogen (secondary N) is 1. The molecule has 2 saturated heterocycles. The monoisotopic (exact) mass is 226 g/mol. The fourth-order valence-electron chi connectivity index (χ4n) is 2.39. The maximum Gasteiger partial charge on any atom is 0.317 e. The minimum Gasteiger partial charge on any atom is -0.336 e. The van der Waals surface area contributed by atoms with Gasteiger partial charge < -0.3 is 20.9 Å². The molecular weight excluding hydrogens is 204 g/mol. The molecule has 5 heteroatoms.